The van der Waals surface area contributed by atoms with Crippen LogP contribution in [-0.4, -0.2) is 24.9 Å². The monoisotopic (exact) mass is 370 g/mol. The van der Waals surface area contributed by atoms with E-state index in [-0.39, 0.29) is 18.3 Å². The van der Waals surface area contributed by atoms with Crippen LogP contribution in [0.15, 0.2) is 54.0 Å². The van der Waals surface area contributed by atoms with Gasteiger partial charge in [0.05, 0.1) is 24.4 Å². The Morgan fingerprint density at radius 1 is 1.07 bits per heavy atom. The molecule has 1 aliphatic heterocycles. The van der Waals surface area contributed by atoms with Gasteiger partial charge >= 0.3 is 7.12 Å². The molecule has 2 rings (SSSR count). The summed E-state index contributed by atoms with van der Waals surface area (Å²) in [5.41, 5.74) is 3.16. The van der Waals surface area contributed by atoms with E-state index in [9.17, 15) is 0 Å². The lowest BCUT2D eigenvalue weighted by molar-refractivity contribution is 0.00578. The van der Waals surface area contributed by atoms with Gasteiger partial charge in [0.15, 0.2) is 0 Å². The average molecular weight is 370 g/mol. The standard InChI is InChI=1S/C23H35BO3/c1-7-8-10-15-21(16-17-25-18-20-13-11-9-12-14-20)19(2)24-26-22(3,4)23(5,6)27-24/h7,9,11-14H,1,8,10,15-18H2,2-6H3/b21-19+. The Morgan fingerprint density at radius 2 is 1.70 bits per heavy atom. The molecular weight excluding hydrogens is 335 g/mol. The third-order valence-electron chi connectivity index (χ3n) is 5.71. The van der Waals surface area contributed by atoms with Crippen molar-refractivity contribution in [3.8, 4) is 0 Å². The highest BCUT2D eigenvalue weighted by Crippen LogP contribution is 2.39. The van der Waals surface area contributed by atoms with Gasteiger partial charge in [0.2, 0.25) is 0 Å². The molecule has 0 atom stereocenters. The van der Waals surface area contributed by atoms with Crippen LogP contribution in [0, 0.1) is 0 Å². The predicted octanol–water partition coefficient (Wildman–Crippen LogP) is 5.90. The molecule has 0 aromatic heterocycles. The first-order chi connectivity index (χ1) is 12.8. The van der Waals surface area contributed by atoms with Gasteiger partial charge in [-0.3, -0.25) is 0 Å². The number of rotatable bonds is 10. The minimum absolute atomic E-state index is 0.275. The topological polar surface area (TPSA) is 27.7 Å². The van der Waals surface area contributed by atoms with Crippen molar-refractivity contribution in [3.63, 3.8) is 0 Å². The molecule has 0 saturated carbocycles. The minimum Gasteiger partial charge on any atom is -0.400 e. The SMILES string of the molecule is C=CCCC/C(CCOCc1ccccc1)=C(/C)B1OC(C)(C)C(C)(C)O1. The number of hydrogen-bond donors (Lipinski definition) is 0. The first-order valence-electron chi connectivity index (χ1n) is 10.0. The highest BCUT2D eigenvalue weighted by atomic mass is 16.7. The predicted molar refractivity (Wildman–Crippen MR) is 114 cm³/mol. The summed E-state index contributed by atoms with van der Waals surface area (Å²) in [4.78, 5) is 0. The van der Waals surface area contributed by atoms with Crippen LogP contribution in [0.3, 0.4) is 0 Å². The van der Waals surface area contributed by atoms with Crippen molar-refractivity contribution in [1.82, 2.24) is 0 Å². The van der Waals surface area contributed by atoms with Gasteiger partial charge in [0.1, 0.15) is 0 Å². The number of benzene rings is 1. The first kappa shape index (κ1) is 21.9. The number of hydrogen-bond acceptors (Lipinski definition) is 3. The quantitative estimate of drug-likeness (QED) is 0.292. The van der Waals surface area contributed by atoms with Gasteiger partial charge in [-0.1, -0.05) is 42.0 Å². The molecule has 1 aromatic rings. The summed E-state index contributed by atoms with van der Waals surface area (Å²) in [7, 11) is -0.275. The van der Waals surface area contributed by atoms with Gasteiger partial charge in [-0.2, -0.15) is 0 Å². The zero-order chi connectivity index (χ0) is 19.9. The smallest absolute Gasteiger partial charge is 0.400 e. The molecule has 1 aromatic carbocycles. The van der Waals surface area contributed by atoms with Crippen LogP contribution in [0.5, 0.6) is 0 Å². The average Bonchev–Trinajstić information content (AvgIpc) is 2.85. The molecule has 0 radical (unpaired) electrons. The minimum atomic E-state index is -0.311. The molecule has 1 saturated heterocycles. The van der Waals surface area contributed by atoms with Gasteiger partial charge in [0.25, 0.3) is 0 Å². The van der Waals surface area contributed by atoms with Crippen molar-refractivity contribution in [2.24, 2.45) is 0 Å². The van der Waals surface area contributed by atoms with E-state index in [0.29, 0.717) is 13.2 Å². The molecule has 0 bridgehead atoms. The van der Waals surface area contributed by atoms with E-state index in [2.05, 4.69) is 53.3 Å². The second kappa shape index (κ2) is 9.72. The number of ether oxygens (including phenoxy) is 1. The van der Waals surface area contributed by atoms with Gasteiger partial charge in [0, 0.05) is 0 Å². The van der Waals surface area contributed by atoms with Crippen LogP contribution in [0.4, 0.5) is 0 Å². The molecule has 1 fully saturated rings. The van der Waals surface area contributed by atoms with E-state index < -0.39 is 0 Å². The zero-order valence-corrected chi connectivity index (χ0v) is 17.7. The molecule has 1 aliphatic rings. The Labute approximate surface area is 165 Å². The Hall–Kier alpha value is -1.36. The maximum absolute atomic E-state index is 6.25. The normalized spacial score (nSPS) is 19.1. The zero-order valence-electron chi connectivity index (χ0n) is 17.7. The Balaban J connectivity index is 1.99. The molecule has 0 unspecified atom stereocenters. The van der Waals surface area contributed by atoms with Crippen molar-refractivity contribution in [1.29, 1.82) is 0 Å². The van der Waals surface area contributed by atoms with Crippen LogP contribution in [0.1, 0.15) is 65.9 Å². The summed E-state index contributed by atoms with van der Waals surface area (Å²) >= 11 is 0. The van der Waals surface area contributed by atoms with Gasteiger partial charge in [-0.05, 0) is 71.3 Å². The third kappa shape index (κ3) is 6.07. The van der Waals surface area contributed by atoms with Crippen molar-refractivity contribution in [2.45, 2.75) is 78.1 Å². The van der Waals surface area contributed by atoms with Crippen LogP contribution in [-0.2, 0) is 20.7 Å². The Kier molecular flexibility index (Phi) is 7.90. The summed E-state index contributed by atoms with van der Waals surface area (Å²) in [5, 5.41) is 0. The molecule has 0 amide bonds. The Morgan fingerprint density at radius 3 is 2.30 bits per heavy atom. The van der Waals surface area contributed by atoms with Crippen molar-refractivity contribution < 1.29 is 14.0 Å². The third-order valence-corrected chi connectivity index (χ3v) is 5.71. The fraction of sp³-hybridized carbons (Fsp3) is 0.565. The molecule has 3 nitrogen and oxygen atoms in total. The van der Waals surface area contributed by atoms with Crippen LogP contribution >= 0.6 is 0 Å². The van der Waals surface area contributed by atoms with E-state index in [1.54, 1.807) is 0 Å². The maximum Gasteiger partial charge on any atom is 0.490 e. The molecule has 27 heavy (non-hydrogen) atoms. The molecule has 148 valence electrons. The number of allylic oxidation sites excluding steroid dienone is 2. The maximum atomic E-state index is 6.25. The van der Waals surface area contributed by atoms with Gasteiger partial charge in [-0.15, -0.1) is 6.58 Å². The van der Waals surface area contributed by atoms with Gasteiger partial charge in [-0.25, -0.2) is 0 Å². The summed E-state index contributed by atoms with van der Waals surface area (Å²) in [6.45, 7) is 15.7. The van der Waals surface area contributed by atoms with Crippen LogP contribution in [0.25, 0.3) is 0 Å². The molecule has 1 heterocycles. The van der Waals surface area contributed by atoms with Crippen molar-refractivity contribution in [2.75, 3.05) is 6.61 Å². The lowest BCUT2D eigenvalue weighted by atomic mass is 9.74. The highest BCUT2D eigenvalue weighted by molar-refractivity contribution is 6.54. The van der Waals surface area contributed by atoms with Crippen molar-refractivity contribution >= 4 is 7.12 Å². The summed E-state index contributed by atoms with van der Waals surface area (Å²) in [6.07, 6.45) is 6.02. The fourth-order valence-corrected chi connectivity index (χ4v) is 3.13. The Bertz CT molecular complexity index is 618. The van der Waals surface area contributed by atoms with Crippen molar-refractivity contribution in [3.05, 3.63) is 59.6 Å². The number of unbranched alkanes of at least 4 members (excludes halogenated alkanes) is 1. The molecule has 0 spiro atoms. The first-order valence-corrected chi connectivity index (χ1v) is 10.0. The summed E-state index contributed by atoms with van der Waals surface area (Å²) in [5.74, 6) is 0. The lowest BCUT2D eigenvalue weighted by Gasteiger charge is -2.32. The molecule has 0 aliphatic carbocycles. The second-order valence-corrected chi connectivity index (χ2v) is 8.34. The second-order valence-electron chi connectivity index (χ2n) is 8.34. The molecule has 4 heteroatoms. The summed E-state index contributed by atoms with van der Waals surface area (Å²) < 4.78 is 18.4. The fourth-order valence-electron chi connectivity index (χ4n) is 3.13. The molecule has 0 N–H and O–H groups in total. The van der Waals surface area contributed by atoms with E-state index in [1.165, 1.54) is 16.6 Å². The largest absolute Gasteiger partial charge is 0.490 e. The van der Waals surface area contributed by atoms with Crippen LogP contribution in [0.2, 0.25) is 0 Å². The van der Waals surface area contributed by atoms with Crippen LogP contribution < -0.4 is 0 Å². The molecular formula is C23H35BO3. The van der Waals surface area contributed by atoms with E-state index in [4.69, 9.17) is 14.0 Å². The van der Waals surface area contributed by atoms with E-state index in [0.717, 1.165) is 25.7 Å². The van der Waals surface area contributed by atoms with E-state index >= 15 is 0 Å². The lowest BCUT2D eigenvalue weighted by Crippen LogP contribution is -2.41. The summed E-state index contributed by atoms with van der Waals surface area (Å²) in [6, 6.07) is 10.3. The van der Waals surface area contributed by atoms with E-state index in [1.807, 2.05) is 24.3 Å². The van der Waals surface area contributed by atoms with Gasteiger partial charge < -0.3 is 14.0 Å². The highest BCUT2D eigenvalue weighted by Gasteiger charge is 2.51.